The van der Waals surface area contributed by atoms with Crippen molar-refractivity contribution in [1.29, 1.82) is 0 Å². The Hall–Kier alpha value is -2.90. The zero-order chi connectivity index (χ0) is 25.0. The lowest BCUT2D eigenvalue weighted by Gasteiger charge is -2.32. The monoisotopic (exact) mass is 501 g/mol. The second-order valence-electron chi connectivity index (χ2n) is 8.95. The summed E-state index contributed by atoms with van der Waals surface area (Å²) in [6, 6.07) is 16.2. The van der Waals surface area contributed by atoms with Crippen LogP contribution in [0, 0.1) is 12.8 Å². The Morgan fingerprint density at radius 1 is 1.11 bits per heavy atom. The Morgan fingerprint density at radius 3 is 2.49 bits per heavy atom. The maximum absolute atomic E-state index is 13.2. The first kappa shape index (κ1) is 25.2. The quantitative estimate of drug-likeness (QED) is 0.438. The number of nitrogens with zero attached hydrogens (tertiary/aromatic N) is 2. The Morgan fingerprint density at radius 2 is 1.83 bits per heavy atom. The zero-order valence-electron chi connectivity index (χ0n) is 19.4. The third kappa shape index (κ3) is 6.41. The largest absolute Gasteiger partial charge is 0.416 e. The molecule has 2 aromatic carbocycles. The van der Waals surface area contributed by atoms with Gasteiger partial charge in [0.15, 0.2) is 0 Å². The van der Waals surface area contributed by atoms with Gasteiger partial charge in [-0.1, -0.05) is 48.0 Å². The first-order chi connectivity index (χ1) is 16.7. The molecule has 1 saturated heterocycles. The molecule has 0 spiro atoms. The van der Waals surface area contributed by atoms with Gasteiger partial charge in [0.25, 0.3) is 0 Å². The topological polar surface area (TPSA) is 45.2 Å². The maximum atomic E-state index is 13.2. The van der Waals surface area contributed by atoms with Gasteiger partial charge in [-0.15, -0.1) is 0 Å². The lowest BCUT2D eigenvalue weighted by molar-refractivity contribution is -0.137. The van der Waals surface area contributed by atoms with E-state index in [1.165, 1.54) is 12.1 Å². The fourth-order valence-electron chi connectivity index (χ4n) is 4.48. The minimum atomic E-state index is -4.35. The van der Waals surface area contributed by atoms with Crippen LogP contribution < -0.4 is 5.32 Å². The van der Waals surface area contributed by atoms with Gasteiger partial charge >= 0.3 is 6.18 Å². The van der Waals surface area contributed by atoms with Crippen LogP contribution in [0.25, 0.3) is 0 Å². The van der Waals surface area contributed by atoms with Gasteiger partial charge in [-0.3, -0.25) is 14.7 Å². The van der Waals surface area contributed by atoms with Crippen molar-refractivity contribution in [1.82, 2.24) is 15.2 Å². The molecule has 0 saturated carbocycles. The lowest BCUT2D eigenvalue weighted by atomic mass is 9.93. The number of pyridine rings is 1. The third-order valence-electron chi connectivity index (χ3n) is 6.43. The highest BCUT2D eigenvalue weighted by Crippen LogP contribution is 2.30. The maximum Gasteiger partial charge on any atom is 0.416 e. The summed E-state index contributed by atoms with van der Waals surface area (Å²) in [7, 11) is 0. The molecule has 1 aromatic heterocycles. The highest BCUT2D eigenvalue weighted by Gasteiger charge is 2.31. The Bertz CT molecular complexity index is 1160. The lowest BCUT2D eigenvalue weighted by Crippen LogP contribution is -2.41. The molecule has 1 aliphatic rings. The molecular formula is C27H27ClF3N3O. The van der Waals surface area contributed by atoms with E-state index in [2.05, 4.69) is 15.2 Å². The van der Waals surface area contributed by atoms with Gasteiger partial charge in [-0.2, -0.15) is 13.2 Å². The number of aromatic nitrogens is 1. The molecule has 4 nitrogen and oxygen atoms in total. The number of aryl methyl sites for hydroxylation is 1. The molecule has 1 aliphatic heterocycles. The minimum Gasteiger partial charge on any atom is -0.343 e. The van der Waals surface area contributed by atoms with Crippen LogP contribution in [-0.2, 0) is 17.5 Å². The highest BCUT2D eigenvalue weighted by atomic mass is 35.5. The van der Waals surface area contributed by atoms with Crippen LogP contribution in [0.1, 0.15) is 46.8 Å². The first-order valence-electron chi connectivity index (χ1n) is 11.6. The van der Waals surface area contributed by atoms with Crippen molar-refractivity contribution in [3.63, 3.8) is 0 Å². The van der Waals surface area contributed by atoms with E-state index < -0.39 is 17.8 Å². The van der Waals surface area contributed by atoms with Gasteiger partial charge in [-0.05, 0) is 73.8 Å². The van der Waals surface area contributed by atoms with E-state index in [4.69, 9.17) is 11.6 Å². The predicted molar refractivity (Wildman–Crippen MR) is 130 cm³/mol. The SMILES string of the molecule is Cc1cccnc1C(NC(=O)C1CCN(Cc2cccc(C(F)(F)F)c2)CC1)c1ccc(Cl)cc1. The Balaban J connectivity index is 1.41. The molecule has 1 atom stereocenters. The molecule has 4 rings (SSSR count). The molecule has 1 N–H and O–H groups in total. The van der Waals surface area contributed by atoms with Gasteiger partial charge in [0, 0.05) is 23.7 Å². The van der Waals surface area contributed by atoms with Crippen LogP contribution in [0.5, 0.6) is 0 Å². The van der Waals surface area contributed by atoms with Crippen LogP contribution in [-0.4, -0.2) is 28.9 Å². The summed E-state index contributed by atoms with van der Waals surface area (Å²) in [6.07, 6.45) is -1.37. The normalized spacial score (nSPS) is 16.1. The number of carbonyl (C=O) groups excluding carboxylic acids is 1. The minimum absolute atomic E-state index is 0.0475. The standard InChI is InChI=1S/C27H27ClF3N3O/c1-18-4-3-13-32-24(18)25(20-7-9-23(28)10-8-20)33-26(35)21-11-14-34(15-12-21)17-19-5-2-6-22(16-19)27(29,30)31/h2-10,13,16,21,25H,11-12,14-15,17H2,1H3,(H,33,35). The molecule has 0 aliphatic carbocycles. The van der Waals surface area contributed by atoms with Crippen molar-refractivity contribution in [2.45, 2.75) is 38.5 Å². The molecule has 1 amide bonds. The van der Waals surface area contributed by atoms with Crippen molar-refractivity contribution in [2.24, 2.45) is 5.92 Å². The number of piperidine rings is 1. The Labute approximate surface area is 208 Å². The van der Waals surface area contributed by atoms with E-state index >= 15 is 0 Å². The average Bonchev–Trinajstić information content (AvgIpc) is 2.84. The molecule has 0 radical (unpaired) electrons. The van der Waals surface area contributed by atoms with Crippen molar-refractivity contribution >= 4 is 17.5 Å². The van der Waals surface area contributed by atoms with Gasteiger partial charge in [0.2, 0.25) is 5.91 Å². The Kier molecular flexibility index (Phi) is 7.77. The first-order valence-corrected chi connectivity index (χ1v) is 11.9. The summed E-state index contributed by atoms with van der Waals surface area (Å²) in [5.41, 5.74) is 2.64. The van der Waals surface area contributed by atoms with Crippen LogP contribution >= 0.6 is 11.6 Å². The number of halogens is 4. The van der Waals surface area contributed by atoms with Crippen LogP contribution in [0.3, 0.4) is 0 Å². The summed E-state index contributed by atoms with van der Waals surface area (Å²) in [6.45, 7) is 3.67. The molecule has 1 unspecified atom stereocenters. The van der Waals surface area contributed by atoms with E-state index in [1.54, 1.807) is 24.4 Å². The van der Waals surface area contributed by atoms with Crippen molar-refractivity contribution in [3.8, 4) is 0 Å². The molecule has 8 heteroatoms. The number of likely N-dealkylation sites (tertiary alicyclic amines) is 1. The number of rotatable bonds is 6. The summed E-state index contributed by atoms with van der Waals surface area (Å²) >= 11 is 6.06. The summed E-state index contributed by atoms with van der Waals surface area (Å²) in [5, 5.41) is 3.80. The number of carbonyl (C=O) groups is 1. The van der Waals surface area contributed by atoms with E-state index in [0.29, 0.717) is 43.1 Å². The fraction of sp³-hybridized carbons (Fsp3) is 0.333. The van der Waals surface area contributed by atoms with Crippen LogP contribution in [0.2, 0.25) is 5.02 Å². The smallest absolute Gasteiger partial charge is 0.343 e. The fourth-order valence-corrected chi connectivity index (χ4v) is 4.61. The second-order valence-corrected chi connectivity index (χ2v) is 9.38. The van der Waals surface area contributed by atoms with E-state index in [9.17, 15) is 18.0 Å². The summed E-state index contributed by atoms with van der Waals surface area (Å²) in [5.74, 6) is -0.222. The van der Waals surface area contributed by atoms with Crippen molar-refractivity contribution < 1.29 is 18.0 Å². The van der Waals surface area contributed by atoms with E-state index in [-0.39, 0.29) is 11.8 Å². The van der Waals surface area contributed by atoms with Gasteiger partial charge < -0.3 is 5.32 Å². The van der Waals surface area contributed by atoms with Crippen molar-refractivity contribution in [3.05, 3.63) is 99.8 Å². The predicted octanol–water partition coefficient (Wildman–Crippen LogP) is 6.18. The van der Waals surface area contributed by atoms with Gasteiger partial charge in [0.1, 0.15) is 0 Å². The molecule has 0 bridgehead atoms. The van der Waals surface area contributed by atoms with Crippen LogP contribution in [0.4, 0.5) is 13.2 Å². The molecule has 184 valence electrons. The summed E-state index contributed by atoms with van der Waals surface area (Å²) in [4.78, 5) is 19.9. The number of hydrogen-bond donors (Lipinski definition) is 1. The molecule has 35 heavy (non-hydrogen) atoms. The number of nitrogens with one attached hydrogen (secondary N) is 1. The van der Waals surface area contributed by atoms with Gasteiger partial charge in [0.05, 0.1) is 17.3 Å². The number of hydrogen-bond acceptors (Lipinski definition) is 3. The number of benzene rings is 2. The van der Waals surface area contributed by atoms with E-state index in [0.717, 1.165) is 22.9 Å². The second kappa shape index (κ2) is 10.8. The number of alkyl halides is 3. The molecule has 1 fully saturated rings. The van der Waals surface area contributed by atoms with Crippen LogP contribution in [0.15, 0.2) is 66.9 Å². The van der Waals surface area contributed by atoms with Gasteiger partial charge in [-0.25, -0.2) is 0 Å². The van der Waals surface area contributed by atoms with E-state index in [1.807, 2.05) is 31.2 Å². The number of amides is 1. The average molecular weight is 502 g/mol. The molecule has 2 heterocycles. The van der Waals surface area contributed by atoms with Crippen molar-refractivity contribution in [2.75, 3.05) is 13.1 Å². The zero-order valence-corrected chi connectivity index (χ0v) is 20.1. The summed E-state index contributed by atoms with van der Waals surface area (Å²) < 4.78 is 39.0. The third-order valence-corrected chi connectivity index (χ3v) is 6.68. The highest BCUT2D eigenvalue weighted by molar-refractivity contribution is 6.30. The molecular weight excluding hydrogens is 475 g/mol. The molecule has 3 aromatic rings.